The largest absolute Gasteiger partial charge is 0.461 e. The first kappa shape index (κ1) is 19.1. The van der Waals surface area contributed by atoms with Crippen LogP contribution in [0.3, 0.4) is 0 Å². The van der Waals surface area contributed by atoms with Crippen molar-refractivity contribution in [3.8, 4) is 17.1 Å². The van der Waals surface area contributed by atoms with E-state index in [0.29, 0.717) is 29.1 Å². The lowest BCUT2D eigenvalue weighted by Gasteiger charge is -2.17. The molecule has 27 heavy (non-hydrogen) atoms. The third kappa shape index (κ3) is 4.54. The zero-order valence-electron chi connectivity index (χ0n) is 13.9. The summed E-state index contributed by atoms with van der Waals surface area (Å²) in [6, 6.07) is 15.1. The van der Waals surface area contributed by atoms with E-state index in [-0.39, 0.29) is 5.75 Å². The Morgan fingerprint density at radius 2 is 1.85 bits per heavy atom. The molecule has 0 aliphatic heterocycles. The summed E-state index contributed by atoms with van der Waals surface area (Å²) < 4.78 is 57.2. The number of benzene rings is 2. The van der Waals surface area contributed by atoms with Crippen LogP contribution in [0, 0.1) is 4.77 Å². The van der Waals surface area contributed by atoms with E-state index >= 15 is 0 Å². The van der Waals surface area contributed by atoms with E-state index < -0.39 is 12.5 Å². The zero-order valence-corrected chi connectivity index (χ0v) is 14.7. The molecule has 1 aromatic heterocycles. The highest BCUT2D eigenvalue weighted by Crippen LogP contribution is 2.30. The molecule has 0 radical (unpaired) electrons. The molecular weight excluding hydrogens is 382 g/mol. The van der Waals surface area contributed by atoms with Crippen molar-refractivity contribution in [2.24, 2.45) is 0 Å². The van der Waals surface area contributed by atoms with Gasteiger partial charge in [-0.3, -0.25) is 9.67 Å². The van der Waals surface area contributed by atoms with Gasteiger partial charge < -0.3 is 4.74 Å². The molecule has 0 saturated heterocycles. The van der Waals surface area contributed by atoms with Gasteiger partial charge in [0, 0.05) is 12.1 Å². The summed E-state index contributed by atoms with van der Waals surface area (Å²) in [5.74, 6) is 0.0167. The Morgan fingerprint density at radius 3 is 2.56 bits per heavy atom. The molecule has 142 valence electrons. The number of alkyl halides is 4. The number of hydrogen-bond acceptors (Lipinski definition) is 3. The van der Waals surface area contributed by atoms with E-state index in [4.69, 9.17) is 12.2 Å². The first-order chi connectivity index (χ1) is 12.9. The summed E-state index contributed by atoms with van der Waals surface area (Å²) in [7, 11) is 0. The standard InChI is InChI=1S/C18H15F4N3OS/c19-16(20)18(21,22)26-14-8-4-7-13(11-14)15-23-24-17(27)25(15)10-9-12-5-2-1-3-6-12/h1-8,11,16H,9-10H2,(H,24,27). The fraction of sp³-hybridized carbons (Fsp3) is 0.222. The van der Waals surface area contributed by atoms with Gasteiger partial charge in [0.25, 0.3) is 0 Å². The lowest BCUT2D eigenvalue weighted by Crippen LogP contribution is -2.33. The molecule has 9 heteroatoms. The molecule has 0 atom stereocenters. The van der Waals surface area contributed by atoms with Crippen LogP contribution in [-0.2, 0) is 13.0 Å². The number of ether oxygens (including phenoxy) is 1. The predicted octanol–water partition coefficient (Wildman–Crippen LogP) is 5.09. The van der Waals surface area contributed by atoms with Crippen LogP contribution < -0.4 is 4.74 Å². The Labute approximate surface area is 157 Å². The molecule has 0 bridgehead atoms. The van der Waals surface area contributed by atoms with Gasteiger partial charge in [0.1, 0.15) is 5.75 Å². The normalized spacial score (nSPS) is 11.7. The maximum absolute atomic E-state index is 13.1. The number of aromatic nitrogens is 3. The highest BCUT2D eigenvalue weighted by atomic mass is 32.1. The first-order valence-corrected chi connectivity index (χ1v) is 8.42. The summed E-state index contributed by atoms with van der Waals surface area (Å²) >= 11 is 5.24. The lowest BCUT2D eigenvalue weighted by atomic mass is 10.1. The quantitative estimate of drug-likeness (QED) is 0.446. The topological polar surface area (TPSA) is 42.8 Å². The second-order valence-electron chi connectivity index (χ2n) is 5.73. The second kappa shape index (κ2) is 7.91. The third-order valence-electron chi connectivity index (χ3n) is 3.83. The maximum atomic E-state index is 13.1. The average Bonchev–Trinajstić information content (AvgIpc) is 3.01. The fourth-order valence-corrected chi connectivity index (χ4v) is 2.75. The molecular formula is C18H15F4N3OS. The van der Waals surface area contributed by atoms with Crippen molar-refractivity contribution in [3.05, 3.63) is 64.9 Å². The third-order valence-corrected chi connectivity index (χ3v) is 4.14. The molecule has 4 nitrogen and oxygen atoms in total. The van der Waals surface area contributed by atoms with Crippen molar-refractivity contribution >= 4 is 12.2 Å². The predicted molar refractivity (Wildman–Crippen MR) is 94.6 cm³/mol. The van der Waals surface area contributed by atoms with Crippen molar-refractivity contribution in [3.63, 3.8) is 0 Å². The highest BCUT2D eigenvalue weighted by Gasteiger charge is 2.44. The molecule has 0 saturated carbocycles. The smallest absolute Gasteiger partial charge is 0.428 e. The van der Waals surface area contributed by atoms with E-state index in [9.17, 15) is 17.6 Å². The molecule has 0 aliphatic rings. The summed E-state index contributed by atoms with van der Waals surface area (Å²) in [5.41, 5.74) is 1.51. The number of nitrogens with zero attached hydrogens (tertiary/aromatic N) is 2. The fourth-order valence-electron chi connectivity index (χ4n) is 2.53. The van der Waals surface area contributed by atoms with Gasteiger partial charge in [-0.15, -0.1) is 0 Å². The minimum Gasteiger partial charge on any atom is -0.428 e. The SMILES string of the molecule is FC(F)C(F)(F)Oc1cccc(-c2n[nH]c(=S)n2CCc2ccccc2)c1. The number of halogens is 4. The number of hydrogen-bond donors (Lipinski definition) is 1. The van der Waals surface area contributed by atoms with Gasteiger partial charge >= 0.3 is 12.5 Å². The Kier molecular flexibility index (Phi) is 5.59. The van der Waals surface area contributed by atoms with Crippen LogP contribution in [0.5, 0.6) is 5.75 Å². The molecule has 0 amide bonds. The van der Waals surface area contributed by atoms with Crippen LogP contribution in [-0.4, -0.2) is 27.3 Å². The molecule has 0 spiro atoms. The van der Waals surface area contributed by atoms with Gasteiger partial charge in [-0.05, 0) is 36.3 Å². The Balaban J connectivity index is 1.85. The minimum absolute atomic E-state index is 0.366. The van der Waals surface area contributed by atoms with Crippen LogP contribution in [0.1, 0.15) is 5.56 Å². The minimum atomic E-state index is -4.57. The van der Waals surface area contributed by atoms with Crippen LogP contribution in [0.25, 0.3) is 11.4 Å². The van der Waals surface area contributed by atoms with Crippen LogP contribution in [0.4, 0.5) is 17.6 Å². The lowest BCUT2D eigenvalue weighted by molar-refractivity contribution is -0.253. The van der Waals surface area contributed by atoms with Crippen LogP contribution in [0.2, 0.25) is 0 Å². The van der Waals surface area contributed by atoms with Gasteiger partial charge in [0.05, 0.1) is 0 Å². The Hall–Kier alpha value is -2.68. The molecule has 0 aliphatic carbocycles. The number of aryl methyl sites for hydroxylation is 1. The monoisotopic (exact) mass is 397 g/mol. The van der Waals surface area contributed by atoms with Gasteiger partial charge in [-0.2, -0.15) is 22.7 Å². The van der Waals surface area contributed by atoms with Gasteiger partial charge in [0.2, 0.25) is 0 Å². The van der Waals surface area contributed by atoms with Crippen LogP contribution in [0.15, 0.2) is 54.6 Å². The van der Waals surface area contributed by atoms with E-state index in [1.165, 1.54) is 18.2 Å². The highest BCUT2D eigenvalue weighted by molar-refractivity contribution is 7.71. The van der Waals surface area contributed by atoms with Crippen molar-refractivity contribution in [2.45, 2.75) is 25.5 Å². The van der Waals surface area contributed by atoms with Crippen molar-refractivity contribution in [2.75, 3.05) is 0 Å². The first-order valence-electron chi connectivity index (χ1n) is 8.01. The summed E-state index contributed by atoms with van der Waals surface area (Å²) in [5, 5.41) is 6.79. The summed E-state index contributed by atoms with van der Waals surface area (Å²) in [6.07, 6.45) is -7.82. The second-order valence-corrected chi connectivity index (χ2v) is 6.12. The summed E-state index contributed by atoms with van der Waals surface area (Å²) in [6.45, 7) is 0.507. The van der Waals surface area contributed by atoms with E-state index in [2.05, 4.69) is 14.9 Å². The van der Waals surface area contributed by atoms with Crippen molar-refractivity contribution < 1.29 is 22.3 Å². The molecule has 3 aromatic rings. The number of H-pyrrole nitrogens is 1. The number of rotatable bonds is 7. The van der Waals surface area contributed by atoms with Crippen molar-refractivity contribution in [1.29, 1.82) is 0 Å². The average molecular weight is 397 g/mol. The molecule has 1 heterocycles. The van der Waals surface area contributed by atoms with Gasteiger partial charge in [-0.1, -0.05) is 42.5 Å². The molecule has 1 N–H and O–H groups in total. The Morgan fingerprint density at radius 1 is 1.11 bits per heavy atom. The van der Waals surface area contributed by atoms with Gasteiger partial charge in [0.15, 0.2) is 10.6 Å². The van der Waals surface area contributed by atoms with Crippen LogP contribution >= 0.6 is 12.2 Å². The Bertz CT molecular complexity index is 956. The molecule has 0 unspecified atom stereocenters. The van der Waals surface area contributed by atoms with E-state index in [1.54, 1.807) is 10.6 Å². The number of aromatic amines is 1. The van der Waals surface area contributed by atoms with E-state index in [1.807, 2.05) is 30.3 Å². The molecule has 0 fully saturated rings. The van der Waals surface area contributed by atoms with Crippen molar-refractivity contribution in [1.82, 2.24) is 14.8 Å². The van der Waals surface area contributed by atoms with Gasteiger partial charge in [-0.25, -0.2) is 0 Å². The summed E-state index contributed by atoms with van der Waals surface area (Å²) in [4.78, 5) is 0. The molecule has 2 aromatic carbocycles. The zero-order chi connectivity index (χ0) is 19.4. The molecule has 3 rings (SSSR count). The number of nitrogens with one attached hydrogen (secondary N) is 1. The van der Waals surface area contributed by atoms with E-state index in [0.717, 1.165) is 5.56 Å². The maximum Gasteiger partial charge on any atom is 0.461 e.